The van der Waals surface area contributed by atoms with Crippen LogP contribution in [-0.2, 0) is 26.4 Å². The van der Waals surface area contributed by atoms with Crippen molar-refractivity contribution in [3.63, 3.8) is 0 Å². The van der Waals surface area contributed by atoms with E-state index in [-0.39, 0.29) is 30.2 Å². The number of aliphatic hydroxyl groups is 2. The largest absolute Gasteiger partial charge is 0.478 e. The smallest absolute Gasteiger partial charge is 0.331 e. The van der Waals surface area contributed by atoms with E-state index in [9.17, 15) is 24.9 Å². The fourth-order valence-electron chi connectivity index (χ4n) is 12.0. The second-order valence-electron chi connectivity index (χ2n) is 16.3. The number of hydrogen-bond acceptors (Lipinski definition) is 8. The van der Waals surface area contributed by atoms with Gasteiger partial charge in [0.15, 0.2) is 0 Å². The number of esters is 1. The number of rotatable bonds is 5. The number of nitrogens with zero attached hydrogens (tertiary/aromatic N) is 3. The summed E-state index contributed by atoms with van der Waals surface area (Å²) in [7, 11) is 0. The van der Waals surface area contributed by atoms with Crippen LogP contribution in [0, 0.1) is 39.9 Å². The SMILES string of the molecule is CC(=O)OC1CC2(C)[C@@H](C[C@@H](O)[C@@H]3C2(C)CC[C@@]2(n4cc(CN)nn4)C(C)[C@H](O)CCC32C)/C1=C(/C(=O)O)C1CCC(=C(C)C)C1. The third-order valence-corrected chi connectivity index (χ3v) is 14.4. The van der Waals surface area contributed by atoms with E-state index in [2.05, 4.69) is 51.9 Å². The van der Waals surface area contributed by atoms with E-state index in [1.165, 1.54) is 18.1 Å². The lowest BCUT2D eigenvalue weighted by Crippen LogP contribution is -2.72. The van der Waals surface area contributed by atoms with Crippen LogP contribution in [0.15, 0.2) is 28.5 Å². The Balaban J connectivity index is 1.51. The zero-order valence-electron chi connectivity index (χ0n) is 28.7. The second kappa shape index (κ2) is 11.3. The Hall–Kier alpha value is -2.56. The van der Waals surface area contributed by atoms with Crippen molar-refractivity contribution in [1.29, 1.82) is 0 Å². The molecular formula is C36H54N4O6. The fourth-order valence-corrected chi connectivity index (χ4v) is 12.0. The summed E-state index contributed by atoms with van der Waals surface area (Å²) in [5.74, 6) is -2.07. The van der Waals surface area contributed by atoms with E-state index in [0.29, 0.717) is 49.8 Å². The van der Waals surface area contributed by atoms with Gasteiger partial charge < -0.3 is 25.8 Å². The van der Waals surface area contributed by atoms with Gasteiger partial charge in [0.2, 0.25) is 0 Å². The first-order chi connectivity index (χ1) is 21.6. The summed E-state index contributed by atoms with van der Waals surface area (Å²) in [5, 5.41) is 43.6. The van der Waals surface area contributed by atoms with Crippen LogP contribution in [0.5, 0.6) is 0 Å². The molecule has 0 aromatic carbocycles. The molecule has 5 aliphatic rings. The number of carbonyl (C=O) groups is 2. The first kappa shape index (κ1) is 33.3. The molecule has 5 N–H and O–H groups in total. The van der Waals surface area contributed by atoms with Crippen molar-refractivity contribution in [2.45, 2.75) is 137 Å². The predicted molar refractivity (Wildman–Crippen MR) is 172 cm³/mol. The first-order valence-corrected chi connectivity index (χ1v) is 17.3. The lowest BCUT2D eigenvalue weighted by Gasteiger charge is -2.72. The van der Waals surface area contributed by atoms with Crippen LogP contribution in [0.1, 0.15) is 112 Å². The van der Waals surface area contributed by atoms with Crippen LogP contribution in [-0.4, -0.2) is 60.6 Å². The minimum atomic E-state index is -0.940. The van der Waals surface area contributed by atoms with Gasteiger partial charge in [0.05, 0.1) is 29.6 Å². The number of carboxylic acids is 1. The highest BCUT2D eigenvalue weighted by Crippen LogP contribution is 2.76. The number of carbonyl (C=O) groups excluding carboxylic acids is 1. The summed E-state index contributed by atoms with van der Waals surface area (Å²) in [6.45, 7) is 14.8. The quantitative estimate of drug-likeness (QED) is 0.200. The van der Waals surface area contributed by atoms with Gasteiger partial charge in [-0.25, -0.2) is 9.48 Å². The summed E-state index contributed by atoms with van der Waals surface area (Å²) >= 11 is 0. The average Bonchev–Trinajstić information content (AvgIpc) is 3.71. The Morgan fingerprint density at radius 3 is 2.35 bits per heavy atom. The van der Waals surface area contributed by atoms with Crippen LogP contribution < -0.4 is 5.73 Å². The standard InChI is InChI=1S/C36H54N4O6/c1-19(2)22-8-9-23(14-22)29(32(44)45)30-25-15-27(43)31-33(5,35(25,7)16-28(30)46-21(4)41)12-13-36(40-18-24(17-37)38-39-40)20(3)26(42)10-11-34(31,36)6/h18,20,23,25-28,31,42-43H,8-17,37H2,1-7H3,(H,44,45)/b30-29-/t20?,23?,25-,26+,27+,28?,31+,33?,34?,35?,36+/m0/s1. The molecule has 1 aromatic heterocycles. The van der Waals surface area contributed by atoms with Gasteiger partial charge >= 0.3 is 11.9 Å². The minimum absolute atomic E-state index is 0.140. The van der Waals surface area contributed by atoms with Gasteiger partial charge in [-0.15, -0.1) is 5.10 Å². The van der Waals surface area contributed by atoms with Gasteiger partial charge in [-0.2, -0.15) is 0 Å². The van der Waals surface area contributed by atoms with Crippen molar-refractivity contribution < 1.29 is 29.6 Å². The summed E-state index contributed by atoms with van der Waals surface area (Å²) in [6, 6.07) is 0. The summed E-state index contributed by atoms with van der Waals surface area (Å²) in [4.78, 5) is 25.8. The summed E-state index contributed by atoms with van der Waals surface area (Å²) < 4.78 is 8.00. The van der Waals surface area contributed by atoms with Gasteiger partial charge in [-0.05, 0) is 111 Å². The number of aliphatic hydroxyl groups excluding tert-OH is 2. The lowest BCUT2D eigenvalue weighted by atomic mass is 9.34. The lowest BCUT2D eigenvalue weighted by molar-refractivity contribution is -0.264. The predicted octanol–water partition coefficient (Wildman–Crippen LogP) is 4.89. The molecule has 6 unspecified atom stereocenters. The zero-order chi connectivity index (χ0) is 33.6. The molecule has 0 radical (unpaired) electrons. The maximum atomic E-state index is 13.2. The van der Waals surface area contributed by atoms with E-state index in [1.807, 2.05) is 10.9 Å². The molecule has 0 amide bonds. The number of aromatic nitrogens is 3. The molecule has 11 atom stereocenters. The summed E-state index contributed by atoms with van der Waals surface area (Å²) in [6.07, 6.45) is 6.06. The Kier molecular flexibility index (Phi) is 8.16. The number of aliphatic carboxylic acids is 1. The normalized spacial score (nSPS) is 44.7. The maximum absolute atomic E-state index is 13.2. The topological polar surface area (TPSA) is 161 Å². The van der Waals surface area contributed by atoms with Crippen LogP contribution in [0.4, 0.5) is 0 Å². The molecule has 0 spiro atoms. The first-order valence-electron chi connectivity index (χ1n) is 17.3. The monoisotopic (exact) mass is 638 g/mol. The van der Waals surface area contributed by atoms with Gasteiger partial charge in [0, 0.05) is 25.0 Å². The molecule has 6 rings (SSSR count). The van der Waals surface area contributed by atoms with E-state index in [4.69, 9.17) is 10.5 Å². The number of allylic oxidation sites excluding steroid dienone is 2. The summed E-state index contributed by atoms with van der Waals surface area (Å²) in [5.41, 5.74) is 8.40. The van der Waals surface area contributed by atoms with Crippen molar-refractivity contribution in [1.82, 2.24) is 15.0 Å². The van der Waals surface area contributed by atoms with Gasteiger partial charge in [0.25, 0.3) is 0 Å². The highest BCUT2D eigenvalue weighted by molar-refractivity contribution is 5.89. The van der Waals surface area contributed by atoms with E-state index in [0.717, 1.165) is 24.8 Å². The molecule has 254 valence electrons. The highest BCUT2D eigenvalue weighted by atomic mass is 16.5. The van der Waals surface area contributed by atoms with Crippen LogP contribution in [0.3, 0.4) is 0 Å². The van der Waals surface area contributed by atoms with Crippen LogP contribution in [0.2, 0.25) is 0 Å². The molecule has 0 bridgehead atoms. The van der Waals surface area contributed by atoms with Crippen molar-refractivity contribution in [3.05, 3.63) is 34.2 Å². The third kappa shape index (κ3) is 4.45. The van der Waals surface area contributed by atoms with E-state index in [1.54, 1.807) is 0 Å². The zero-order valence-corrected chi connectivity index (χ0v) is 28.7. The average molecular weight is 639 g/mol. The number of nitrogens with two attached hydrogens (primary N) is 1. The Bertz CT molecular complexity index is 1480. The van der Waals surface area contributed by atoms with E-state index < -0.39 is 52.0 Å². The number of hydrogen-bond donors (Lipinski definition) is 4. The van der Waals surface area contributed by atoms with Gasteiger partial charge in [-0.1, -0.05) is 44.1 Å². The number of carboxylic acid groups (broad SMARTS) is 1. The second-order valence-corrected chi connectivity index (χ2v) is 16.3. The van der Waals surface area contributed by atoms with E-state index >= 15 is 0 Å². The van der Waals surface area contributed by atoms with Crippen molar-refractivity contribution in [2.75, 3.05) is 0 Å². The number of ether oxygens (including phenoxy) is 1. The molecule has 5 saturated carbocycles. The molecule has 5 aliphatic carbocycles. The van der Waals surface area contributed by atoms with Crippen molar-refractivity contribution >= 4 is 11.9 Å². The number of fused-ring (bicyclic) bond motifs is 5. The van der Waals surface area contributed by atoms with Gasteiger partial charge in [0.1, 0.15) is 6.10 Å². The third-order valence-electron chi connectivity index (χ3n) is 14.4. The Morgan fingerprint density at radius 1 is 1.04 bits per heavy atom. The molecule has 46 heavy (non-hydrogen) atoms. The molecule has 5 fully saturated rings. The molecule has 1 aromatic rings. The van der Waals surface area contributed by atoms with Crippen molar-refractivity contribution in [2.24, 2.45) is 45.7 Å². The highest BCUT2D eigenvalue weighted by Gasteiger charge is 2.75. The molecule has 10 nitrogen and oxygen atoms in total. The van der Waals surface area contributed by atoms with Gasteiger partial charge in [-0.3, -0.25) is 4.79 Å². The Morgan fingerprint density at radius 2 is 1.76 bits per heavy atom. The maximum Gasteiger partial charge on any atom is 0.331 e. The molecule has 10 heteroatoms. The molecule has 1 heterocycles. The minimum Gasteiger partial charge on any atom is -0.478 e. The fraction of sp³-hybridized carbons (Fsp3) is 0.778. The van der Waals surface area contributed by atoms with Crippen LogP contribution in [0.25, 0.3) is 0 Å². The molecular weight excluding hydrogens is 584 g/mol. The van der Waals surface area contributed by atoms with Crippen LogP contribution >= 0.6 is 0 Å². The van der Waals surface area contributed by atoms with Crippen molar-refractivity contribution in [3.8, 4) is 0 Å². The Labute approximate surface area is 272 Å². The molecule has 0 aliphatic heterocycles. The molecule has 0 saturated heterocycles.